The van der Waals surface area contributed by atoms with Crippen molar-refractivity contribution in [2.45, 2.75) is 61.3 Å². The molecule has 0 bridgehead atoms. The topological polar surface area (TPSA) is 13.1 Å². The van der Waals surface area contributed by atoms with Gasteiger partial charge in [0.05, 0.1) is 10.3 Å². The van der Waals surface area contributed by atoms with E-state index in [1.54, 1.807) is 0 Å². The first-order chi connectivity index (χ1) is 16.9. The summed E-state index contributed by atoms with van der Waals surface area (Å²) >= 11 is 1.90. The second-order valence-corrected chi connectivity index (χ2v) is 14.1. The Bertz CT molecular complexity index is 1690. The van der Waals surface area contributed by atoms with Crippen LogP contribution in [-0.2, 0) is 19.9 Å². The van der Waals surface area contributed by atoms with Gasteiger partial charge < -0.3 is 4.74 Å². The molecule has 3 aromatic carbocycles. The number of rotatable bonds is 2. The van der Waals surface area contributed by atoms with Crippen LogP contribution in [0.15, 0.2) is 48.7 Å². The van der Waals surface area contributed by atoms with Gasteiger partial charge in [0.25, 0.3) is 0 Å². The van der Waals surface area contributed by atoms with E-state index in [0.717, 1.165) is 24.3 Å². The highest BCUT2D eigenvalue weighted by molar-refractivity contribution is 7.19. The van der Waals surface area contributed by atoms with Crippen molar-refractivity contribution in [2.75, 3.05) is 0 Å². The number of fused-ring (bicyclic) bond motifs is 5. The van der Waals surface area contributed by atoms with Crippen molar-refractivity contribution in [3.8, 4) is 22.8 Å². The number of pyridine rings is 1. The molecule has 36 heavy (non-hydrogen) atoms. The zero-order valence-electron chi connectivity index (χ0n) is 22.8. The van der Waals surface area contributed by atoms with Crippen LogP contribution in [0.25, 0.3) is 42.9 Å². The van der Waals surface area contributed by atoms with E-state index >= 15 is 0 Å². The normalized spacial score (nSPS) is 13.4. The average Bonchev–Trinajstić information content (AvgIpc) is 3.13. The Morgan fingerprint density at radius 2 is 1.53 bits per heavy atom. The summed E-state index contributed by atoms with van der Waals surface area (Å²) in [5.74, 6) is 2.15. The molecular weight excluding hydrogens is 458 g/mol. The molecule has 0 atom stereocenters. The maximum absolute atomic E-state index is 7.10. The molecule has 3 heteroatoms. The van der Waals surface area contributed by atoms with Crippen molar-refractivity contribution in [1.29, 1.82) is 0 Å². The SMILES string of the molecule is Cc1c2c(c(CC(C)(C)C)c3ccc4ccccc4c13)Oc1c(CC(C)(C)C)sc3cc[n+](C)c-2c13. The number of hydrogen-bond acceptors (Lipinski definition) is 2. The van der Waals surface area contributed by atoms with Gasteiger partial charge in [0, 0.05) is 16.5 Å². The van der Waals surface area contributed by atoms with E-state index < -0.39 is 0 Å². The van der Waals surface area contributed by atoms with Gasteiger partial charge in [0.1, 0.15) is 18.2 Å². The third-order valence-electron chi connectivity index (χ3n) is 7.34. The van der Waals surface area contributed by atoms with Gasteiger partial charge in [-0.15, -0.1) is 11.3 Å². The standard InChI is InChI=1S/C33H36NOS/c1-19-26-21-12-10-9-11-20(21)13-14-22(26)23(17-32(2,3)4)30-27(19)29-28-24(15-16-34(29)8)36-25(31(28)35-30)18-33(5,6)7/h9-16H,17-18H2,1-8H3/q+1. The molecule has 0 aliphatic carbocycles. The van der Waals surface area contributed by atoms with Crippen LogP contribution >= 0.6 is 11.3 Å². The summed E-state index contributed by atoms with van der Waals surface area (Å²) in [6.07, 6.45) is 4.19. The van der Waals surface area contributed by atoms with E-state index in [-0.39, 0.29) is 10.8 Å². The van der Waals surface area contributed by atoms with Crippen LogP contribution in [0.1, 0.15) is 57.5 Å². The van der Waals surface area contributed by atoms with E-state index in [0.29, 0.717) is 0 Å². The molecule has 0 saturated heterocycles. The Hall–Kier alpha value is -2.91. The third kappa shape index (κ3) is 3.63. The van der Waals surface area contributed by atoms with E-state index in [1.807, 2.05) is 11.3 Å². The Morgan fingerprint density at radius 1 is 0.806 bits per heavy atom. The molecule has 1 aliphatic rings. The highest BCUT2D eigenvalue weighted by atomic mass is 32.1. The van der Waals surface area contributed by atoms with Gasteiger partial charge in [-0.05, 0) is 57.7 Å². The first-order valence-electron chi connectivity index (χ1n) is 13.0. The first-order valence-corrected chi connectivity index (χ1v) is 13.8. The Kier molecular flexibility index (Phi) is 5.08. The molecule has 0 N–H and O–H groups in total. The fraction of sp³-hybridized carbons (Fsp3) is 0.364. The first kappa shape index (κ1) is 23.5. The number of benzene rings is 3. The Morgan fingerprint density at radius 3 is 2.25 bits per heavy atom. The summed E-state index contributed by atoms with van der Waals surface area (Å²) in [7, 11) is 2.19. The molecule has 3 heterocycles. The molecule has 184 valence electrons. The van der Waals surface area contributed by atoms with Crippen LogP contribution in [0.2, 0.25) is 0 Å². The maximum Gasteiger partial charge on any atom is 0.228 e. The summed E-state index contributed by atoms with van der Waals surface area (Å²) < 4.78 is 10.7. The lowest BCUT2D eigenvalue weighted by Crippen LogP contribution is -2.31. The van der Waals surface area contributed by atoms with Crippen molar-refractivity contribution in [3.05, 3.63) is 64.7 Å². The smallest absolute Gasteiger partial charge is 0.228 e. The van der Waals surface area contributed by atoms with E-state index in [2.05, 4.69) is 109 Å². The lowest BCUT2D eigenvalue weighted by atomic mass is 9.81. The van der Waals surface area contributed by atoms with Crippen molar-refractivity contribution in [1.82, 2.24) is 0 Å². The summed E-state index contributed by atoms with van der Waals surface area (Å²) in [5.41, 5.74) is 5.52. The van der Waals surface area contributed by atoms with Crippen LogP contribution in [0, 0.1) is 17.8 Å². The number of aryl methyl sites for hydroxylation is 2. The largest absolute Gasteiger partial charge is 0.454 e. The second-order valence-electron chi connectivity index (χ2n) is 13.0. The molecule has 1 aliphatic heterocycles. The van der Waals surface area contributed by atoms with Crippen molar-refractivity contribution in [2.24, 2.45) is 17.9 Å². The minimum atomic E-state index is 0.127. The Labute approximate surface area is 218 Å². The predicted molar refractivity (Wildman–Crippen MR) is 155 cm³/mol. The van der Waals surface area contributed by atoms with Gasteiger partial charge in [-0.3, -0.25) is 0 Å². The molecular formula is C33H36NOS+. The van der Waals surface area contributed by atoms with E-state index in [1.165, 1.54) is 58.9 Å². The molecule has 0 amide bonds. The van der Waals surface area contributed by atoms with Crippen LogP contribution < -0.4 is 9.30 Å². The van der Waals surface area contributed by atoms with Crippen molar-refractivity contribution in [3.63, 3.8) is 0 Å². The second kappa shape index (κ2) is 7.79. The van der Waals surface area contributed by atoms with Gasteiger partial charge in [-0.25, -0.2) is 4.57 Å². The van der Waals surface area contributed by atoms with Gasteiger partial charge in [0.2, 0.25) is 5.69 Å². The number of hydrogen-bond donors (Lipinski definition) is 0. The van der Waals surface area contributed by atoms with Crippen molar-refractivity contribution >= 4 is 43.0 Å². The van der Waals surface area contributed by atoms with Gasteiger partial charge in [-0.2, -0.15) is 0 Å². The van der Waals surface area contributed by atoms with Crippen molar-refractivity contribution < 1.29 is 9.30 Å². The molecule has 6 rings (SSSR count). The fourth-order valence-electron chi connectivity index (χ4n) is 5.96. The van der Waals surface area contributed by atoms with E-state index in [4.69, 9.17) is 4.74 Å². The lowest BCUT2D eigenvalue weighted by Gasteiger charge is -2.28. The third-order valence-corrected chi connectivity index (χ3v) is 8.48. The molecule has 0 spiro atoms. The number of nitrogens with zero attached hydrogens (tertiary/aromatic N) is 1. The van der Waals surface area contributed by atoms with Gasteiger partial charge >= 0.3 is 0 Å². The van der Waals surface area contributed by atoms with Gasteiger partial charge in [-0.1, -0.05) is 77.9 Å². The average molecular weight is 495 g/mol. The molecule has 0 unspecified atom stereocenters. The summed E-state index contributed by atoms with van der Waals surface area (Å²) in [5, 5.41) is 6.58. The number of aromatic nitrogens is 1. The highest BCUT2D eigenvalue weighted by Crippen LogP contribution is 2.55. The van der Waals surface area contributed by atoms with Crippen LogP contribution in [0.4, 0.5) is 0 Å². The highest BCUT2D eigenvalue weighted by Gasteiger charge is 2.37. The molecule has 0 fully saturated rings. The zero-order valence-corrected chi connectivity index (χ0v) is 23.6. The maximum atomic E-state index is 7.10. The molecule has 0 radical (unpaired) electrons. The van der Waals surface area contributed by atoms with Crippen LogP contribution in [-0.4, -0.2) is 0 Å². The fourth-order valence-corrected chi connectivity index (χ4v) is 7.39. The van der Waals surface area contributed by atoms with Crippen LogP contribution in [0.5, 0.6) is 11.5 Å². The summed E-state index contributed by atoms with van der Waals surface area (Å²) in [6, 6.07) is 15.7. The summed E-state index contributed by atoms with van der Waals surface area (Å²) in [4.78, 5) is 1.36. The van der Waals surface area contributed by atoms with Crippen LogP contribution in [0.3, 0.4) is 0 Å². The lowest BCUT2D eigenvalue weighted by molar-refractivity contribution is -0.659. The van der Waals surface area contributed by atoms with E-state index in [9.17, 15) is 0 Å². The predicted octanol–water partition coefficient (Wildman–Crippen LogP) is 9.29. The Balaban J connectivity index is 1.79. The minimum Gasteiger partial charge on any atom is -0.454 e. The molecule has 0 saturated carbocycles. The quantitative estimate of drug-likeness (QED) is 0.173. The number of thiophene rings is 1. The zero-order chi connectivity index (χ0) is 25.6. The van der Waals surface area contributed by atoms with Gasteiger partial charge in [0.15, 0.2) is 11.9 Å². The molecule has 2 nitrogen and oxygen atoms in total. The monoisotopic (exact) mass is 494 g/mol. The number of ether oxygens (including phenoxy) is 1. The minimum absolute atomic E-state index is 0.127. The molecule has 5 aromatic rings. The summed E-state index contributed by atoms with van der Waals surface area (Å²) in [6.45, 7) is 16.2. The molecule has 2 aromatic heterocycles.